The van der Waals surface area contributed by atoms with Crippen molar-refractivity contribution < 1.29 is 4.74 Å². The number of rotatable bonds is 4. The second-order valence-corrected chi connectivity index (χ2v) is 6.91. The summed E-state index contributed by atoms with van der Waals surface area (Å²) in [5.41, 5.74) is 2.45. The van der Waals surface area contributed by atoms with Crippen LogP contribution in [0.3, 0.4) is 0 Å². The molecule has 0 aliphatic carbocycles. The average molecular weight is 306 g/mol. The van der Waals surface area contributed by atoms with E-state index < -0.39 is 0 Å². The fraction of sp³-hybridized carbons (Fsp3) is 0.824. The predicted octanol–water partition coefficient (Wildman–Crippen LogP) is 1.58. The second-order valence-electron chi connectivity index (χ2n) is 6.91. The van der Waals surface area contributed by atoms with Crippen LogP contribution in [0.25, 0.3) is 0 Å². The van der Waals surface area contributed by atoms with E-state index in [4.69, 9.17) is 9.72 Å². The molecule has 0 unspecified atom stereocenters. The Morgan fingerprint density at radius 2 is 1.91 bits per heavy atom. The smallest absolute Gasteiger partial charge is 0.123 e. The van der Waals surface area contributed by atoms with Crippen molar-refractivity contribution in [3.05, 3.63) is 17.2 Å². The van der Waals surface area contributed by atoms with Gasteiger partial charge >= 0.3 is 0 Å². The Hall–Kier alpha value is -0.910. The molecule has 0 saturated carbocycles. The van der Waals surface area contributed by atoms with E-state index in [2.05, 4.69) is 35.3 Å². The van der Waals surface area contributed by atoms with Crippen LogP contribution in [0.4, 0.5) is 0 Å². The molecule has 3 heterocycles. The van der Waals surface area contributed by atoms with Crippen LogP contribution in [0, 0.1) is 19.8 Å². The third-order valence-corrected chi connectivity index (χ3v) is 5.30. The van der Waals surface area contributed by atoms with Crippen molar-refractivity contribution in [1.29, 1.82) is 0 Å². The first-order valence-electron chi connectivity index (χ1n) is 8.64. The molecule has 0 amide bonds. The molecule has 0 radical (unpaired) electrons. The normalized spacial score (nSPS) is 24.8. The lowest BCUT2D eigenvalue weighted by atomic mass is 9.97. The Morgan fingerprint density at radius 3 is 2.59 bits per heavy atom. The van der Waals surface area contributed by atoms with E-state index in [0.29, 0.717) is 0 Å². The van der Waals surface area contributed by atoms with E-state index in [0.717, 1.165) is 38.8 Å². The highest BCUT2D eigenvalue weighted by molar-refractivity contribution is 5.13. The minimum absolute atomic E-state index is 0.800. The zero-order valence-corrected chi connectivity index (χ0v) is 14.3. The van der Waals surface area contributed by atoms with Crippen LogP contribution in [0.15, 0.2) is 0 Å². The average Bonchev–Trinajstić information content (AvgIpc) is 2.76. The summed E-state index contributed by atoms with van der Waals surface area (Å²) < 4.78 is 7.70. The predicted molar refractivity (Wildman–Crippen MR) is 87.9 cm³/mol. The molecule has 124 valence electrons. The summed E-state index contributed by atoms with van der Waals surface area (Å²) in [7, 11) is 2.14. The standard InChI is InChI=1S/C17H30N4O/c1-14-15(2)19(3)17(18-14)13-21-6-4-5-16(12-21)11-20-7-9-22-10-8-20/h16H,4-13H2,1-3H3/t16-/m1/s1. The number of aromatic nitrogens is 2. The van der Waals surface area contributed by atoms with Crippen molar-refractivity contribution in [2.75, 3.05) is 45.9 Å². The Kier molecular flexibility index (Phi) is 5.16. The number of hydrogen-bond donors (Lipinski definition) is 0. The number of aryl methyl sites for hydroxylation is 1. The van der Waals surface area contributed by atoms with Crippen LogP contribution >= 0.6 is 0 Å². The molecule has 0 aromatic carbocycles. The molecular formula is C17H30N4O. The molecule has 22 heavy (non-hydrogen) atoms. The molecule has 5 nitrogen and oxygen atoms in total. The summed E-state index contributed by atoms with van der Waals surface area (Å²) in [4.78, 5) is 9.91. The van der Waals surface area contributed by atoms with Gasteiger partial charge in [0.2, 0.25) is 0 Å². The maximum Gasteiger partial charge on any atom is 0.123 e. The van der Waals surface area contributed by atoms with Crippen LogP contribution in [0.5, 0.6) is 0 Å². The molecule has 0 bridgehead atoms. The highest BCUT2D eigenvalue weighted by atomic mass is 16.5. The maximum atomic E-state index is 5.45. The Labute approximate surface area is 134 Å². The molecule has 0 spiro atoms. The quantitative estimate of drug-likeness (QED) is 0.846. The SMILES string of the molecule is Cc1nc(CN2CCC[C@H](CN3CCOCC3)C2)n(C)c1C. The minimum Gasteiger partial charge on any atom is -0.379 e. The molecule has 2 aliphatic heterocycles. The van der Waals surface area contributed by atoms with Gasteiger partial charge in [0.25, 0.3) is 0 Å². The summed E-state index contributed by atoms with van der Waals surface area (Å²) >= 11 is 0. The van der Waals surface area contributed by atoms with Crippen LogP contribution in [0.1, 0.15) is 30.1 Å². The largest absolute Gasteiger partial charge is 0.379 e. The number of ether oxygens (including phenoxy) is 1. The monoisotopic (exact) mass is 306 g/mol. The van der Waals surface area contributed by atoms with Gasteiger partial charge in [0.05, 0.1) is 25.5 Å². The van der Waals surface area contributed by atoms with Gasteiger partial charge in [-0.2, -0.15) is 0 Å². The summed E-state index contributed by atoms with van der Waals surface area (Å²) in [6, 6.07) is 0. The minimum atomic E-state index is 0.800. The number of morpholine rings is 1. The highest BCUT2D eigenvalue weighted by Gasteiger charge is 2.24. The molecule has 2 saturated heterocycles. The van der Waals surface area contributed by atoms with Crippen molar-refractivity contribution in [3.63, 3.8) is 0 Å². The van der Waals surface area contributed by atoms with Gasteiger partial charge in [-0.1, -0.05) is 0 Å². The molecule has 1 aromatic heterocycles. The van der Waals surface area contributed by atoms with Gasteiger partial charge in [-0.05, 0) is 39.2 Å². The van der Waals surface area contributed by atoms with Gasteiger partial charge in [-0.15, -0.1) is 0 Å². The first-order chi connectivity index (χ1) is 10.6. The maximum absolute atomic E-state index is 5.45. The lowest BCUT2D eigenvalue weighted by Crippen LogP contribution is -2.44. The van der Waals surface area contributed by atoms with Gasteiger partial charge in [-0.25, -0.2) is 4.98 Å². The first kappa shape index (κ1) is 16.0. The highest BCUT2D eigenvalue weighted by Crippen LogP contribution is 2.20. The fourth-order valence-corrected chi connectivity index (χ4v) is 3.72. The zero-order chi connectivity index (χ0) is 15.5. The van der Waals surface area contributed by atoms with E-state index in [1.54, 1.807) is 0 Å². The fourth-order valence-electron chi connectivity index (χ4n) is 3.72. The van der Waals surface area contributed by atoms with Crippen LogP contribution in [0.2, 0.25) is 0 Å². The molecule has 5 heteroatoms. The van der Waals surface area contributed by atoms with E-state index >= 15 is 0 Å². The summed E-state index contributed by atoms with van der Waals surface area (Å²) in [5.74, 6) is 2.01. The molecule has 1 aromatic rings. The summed E-state index contributed by atoms with van der Waals surface area (Å²) in [6.07, 6.45) is 2.68. The Balaban J connectivity index is 1.54. The first-order valence-corrected chi connectivity index (χ1v) is 8.64. The lowest BCUT2D eigenvalue weighted by Gasteiger charge is -2.36. The van der Waals surface area contributed by atoms with Crippen molar-refractivity contribution in [3.8, 4) is 0 Å². The van der Waals surface area contributed by atoms with Gasteiger partial charge < -0.3 is 9.30 Å². The van der Waals surface area contributed by atoms with Crippen molar-refractivity contribution in [2.24, 2.45) is 13.0 Å². The molecule has 2 aliphatic rings. The third-order valence-electron chi connectivity index (χ3n) is 5.30. The Bertz CT molecular complexity index is 493. The van der Waals surface area contributed by atoms with Crippen LogP contribution in [-0.2, 0) is 18.3 Å². The van der Waals surface area contributed by atoms with E-state index in [1.165, 1.54) is 49.7 Å². The number of hydrogen-bond acceptors (Lipinski definition) is 4. The lowest BCUT2D eigenvalue weighted by molar-refractivity contribution is 0.0222. The summed E-state index contributed by atoms with van der Waals surface area (Å²) in [6.45, 7) is 12.9. The molecule has 1 atom stereocenters. The van der Waals surface area contributed by atoms with E-state index in [1.807, 2.05) is 0 Å². The van der Waals surface area contributed by atoms with Crippen molar-refractivity contribution in [1.82, 2.24) is 19.4 Å². The second kappa shape index (κ2) is 7.11. The number of nitrogens with zero attached hydrogens (tertiary/aromatic N) is 4. The zero-order valence-electron chi connectivity index (χ0n) is 14.3. The van der Waals surface area contributed by atoms with Crippen molar-refractivity contribution in [2.45, 2.75) is 33.2 Å². The van der Waals surface area contributed by atoms with Crippen LogP contribution in [-0.4, -0.2) is 65.3 Å². The van der Waals surface area contributed by atoms with Gasteiger partial charge in [0, 0.05) is 38.9 Å². The van der Waals surface area contributed by atoms with Crippen LogP contribution < -0.4 is 0 Å². The summed E-state index contributed by atoms with van der Waals surface area (Å²) in [5, 5.41) is 0. The molecular weight excluding hydrogens is 276 g/mol. The van der Waals surface area contributed by atoms with Gasteiger partial charge in [0.15, 0.2) is 0 Å². The number of piperidine rings is 1. The Morgan fingerprint density at radius 1 is 1.14 bits per heavy atom. The number of likely N-dealkylation sites (tertiary alicyclic amines) is 1. The topological polar surface area (TPSA) is 33.5 Å². The van der Waals surface area contributed by atoms with Crippen molar-refractivity contribution >= 4 is 0 Å². The molecule has 3 rings (SSSR count). The van der Waals surface area contributed by atoms with Gasteiger partial charge in [-0.3, -0.25) is 9.80 Å². The van der Waals surface area contributed by atoms with E-state index in [-0.39, 0.29) is 0 Å². The molecule has 2 fully saturated rings. The van der Waals surface area contributed by atoms with E-state index in [9.17, 15) is 0 Å². The third kappa shape index (κ3) is 3.70. The number of imidazole rings is 1. The molecule has 0 N–H and O–H groups in total. The van der Waals surface area contributed by atoms with Gasteiger partial charge in [0.1, 0.15) is 5.82 Å².